The van der Waals surface area contributed by atoms with Crippen molar-refractivity contribution in [2.45, 2.75) is 273 Å². The van der Waals surface area contributed by atoms with Crippen molar-refractivity contribution in [2.75, 3.05) is 19.8 Å². The van der Waals surface area contributed by atoms with Crippen molar-refractivity contribution in [3.63, 3.8) is 0 Å². The number of allylic oxidation sites excluding steroid dienone is 3. The van der Waals surface area contributed by atoms with Crippen molar-refractivity contribution in [1.82, 2.24) is 0 Å². The van der Waals surface area contributed by atoms with Crippen molar-refractivity contribution in [3.8, 4) is 0 Å². The van der Waals surface area contributed by atoms with E-state index < -0.39 is 138 Å². The van der Waals surface area contributed by atoms with Crippen LogP contribution in [0.15, 0.2) is 36.5 Å². The summed E-state index contributed by atoms with van der Waals surface area (Å²) in [5.74, 6) is -1.39. The molecular weight excluding hydrogens is 981 g/mol. The van der Waals surface area contributed by atoms with Gasteiger partial charge in [0, 0.05) is 31.1 Å². The molecule has 0 aromatic rings. The molecule has 5 fully saturated rings. The molecule has 0 aromatic carbocycles. The van der Waals surface area contributed by atoms with E-state index in [1.54, 1.807) is 94.4 Å². The first kappa shape index (κ1) is 62.9. The van der Waals surface area contributed by atoms with Gasteiger partial charge in [0.25, 0.3) is 0 Å². The lowest BCUT2D eigenvalue weighted by atomic mass is 9.76. The number of rotatable bonds is 25. The number of hydrogen-bond acceptors (Lipinski definition) is 20. The van der Waals surface area contributed by atoms with Gasteiger partial charge < -0.3 is 82.7 Å². The molecule has 3 aliphatic heterocycles. The smallest absolute Gasteiger partial charge is 0.330 e. The molecule has 2 saturated carbocycles. The van der Waals surface area contributed by atoms with Gasteiger partial charge in [-0.25, -0.2) is 14.4 Å². The molecule has 20 heteroatoms. The molecule has 0 radical (unpaired) electrons. The Morgan fingerprint density at radius 3 is 1.48 bits per heavy atom. The Kier molecular flexibility index (Phi) is 22.5. The lowest BCUT2D eigenvalue weighted by molar-refractivity contribution is -0.344. The summed E-state index contributed by atoms with van der Waals surface area (Å²) >= 11 is 0. The third kappa shape index (κ3) is 20.7. The van der Waals surface area contributed by atoms with Crippen LogP contribution < -0.4 is 0 Å². The minimum Gasteiger partial charge on any atom is -0.457 e. The van der Waals surface area contributed by atoms with Crippen molar-refractivity contribution in [2.24, 2.45) is 0 Å². The Labute approximate surface area is 443 Å². The van der Waals surface area contributed by atoms with E-state index >= 15 is 0 Å². The average molecular weight is 1070 g/mol. The first-order valence-corrected chi connectivity index (χ1v) is 26.8. The van der Waals surface area contributed by atoms with Crippen LogP contribution >= 0.6 is 0 Å². The van der Waals surface area contributed by atoms with Crippen molar-refractivity contribution >= 4 is 17.9 Å². The van der Waals surface area contributed by atoms with Gasteiger partial charge in [-0.05, 0) is 147 Å². The summed E-state index contributed by atoms with van der Waals surface area (Å²) in [6, 6.07) is 0. The topological polar surface area (TPSA) is 274 Å². The molecule has 3 saturated heterocycles. The fraction of sp³-hybridized carbons (Fsp3) is 0.836. The number of aliphatic hydroxyl groups is 6. The van der Waals surface area contributed by atoms with Gasteiger partial charge in [0.2, 0.25) is 0 Å². The number of aliphatic hydroxyl groups excluding tert-OH is 6. The van der Waals surface area contributed by atoms with Crippen LogP contribution in [0.4, 0.5) is 0 Å². The Hall–Kier alpha value is -2.93. The SMILES string of the molecule is CC(C)(C)OC(=O)/C=C/CCC(C)(C)O[C@@H]1O[C@H](CO)[C@@H](O)[C@H](O)[C@H]1OC[C@@H]1O[C@@H](OC2(CC/C=C/C(=O)OC(C)(C)C)CC2)[C@H](OC[C@@H]2O[C@@H](OC3(CC/C=C/C(=O)OC(C)(C)C)CCC3)[C@H](O)C[C@H]2O)C[C@H]1O. The quantitative estimate of drug-likeness (QED) is 0.0406. The minimum atomic E-state index is -1.59. The van der Waals surface area contributed by atoms with Gasteiger partial charge in [0.1, 0.15) is 65.6 Å². The maximum atomic E-state index is 12.4. The van der Waals surface area contributed by atoms with E-state index in [1.165, 1.54) is 18.2 Å². The highest BCUT2D eigenvalue weighted by atomic mass is 16.7. The number of carbonyl (C=O) groups excluding carboxylic acids is 3. The lowest BCUT2D eigenvalue weighted by Crippen LogP contribution is -2.62. The maximum Gasteiger partial charge on any atom is 0.330 e. The van der Waals surface area contributed by atoms with Gasteiger partial charge in [-0.15, -0.1) is 0 Å². The van der Waals surface area contributed by atoms with E-state index in [0.29, 0.717) is 51.4 Å². The molecular formula is C55H90O20. The molecule has 0 spiro atoms. The molecule has 0 bridgehead atoms. The summed E-state index contributed by atoms with van der Waals surface area (Å²) in [4.78, 5) is 36.8. The second-order valence-electron chi connectivity index (χ2n) is 24.4. The average Bonchev–Trinajstić information content (AvgIpc) is 4.04. The molecule has 430 valence electrons. The zero-order valence-electron chi connectivity index (χ0n) is 46.2. The third-order valence-corrected chi connectivity index (χ3v) is 13.5. The fourth-order valence-corrected chi connectivity index (χ4v) is 9.23. The highest BCUT2D eigenvalue weighted by Gasteiger charge is 2.52. The van der Waals surface area contributed by atoms with Crippen LogP contribution in [-0.4, -0.2) is 182 Å². The number of carbonyl (C=O) groups is 3. The maximum absolute atomic E-state index is 12.4. The standard InChI is InChI=1S/C55H90O20/c1-50(2,3)70-41(60)19-12-15-22-53(10,11)73-49-46(45(64)44(63)38(31-56)67-49)66-33-40-35(58)30-37(48(69-40)75-55(27-28-55)24-17-14-21-43(62)72-52(7,8)9)65-32-39-34(57)29-36(59)47(68-39)74-54(25-18-26-54)23-16-13-20-42(61)71-51(4,5)6/h12-14,19-21,34-40,44-49,56-59,63-64H,15-18,22-33H2,1-11H3/b19-12+,20-13+,21-14+/t34-,35-,36-,37-,38-,39+,40+,44-,45+,46-,47+,48+,49+/m1/s1. The van der Waals surface area contributed by atoms with E-state index in [2.05, 4.69) is 0 Å². The van der Waals surface area contributed by atoms with Crippen LogP contribution in [0.2, 0.25) is 0 Å². The number of hydrogen-bond donors (Lipinski definition) is 6. The first-order chi connectivity index (χ1) is 34.9. The highest BCUT2D eigenvalue weighted by molar-refractivity contribution is 5.83. The second-order valence-corrected chi connectivity index (χ2v) is 24.4. The van der Waals surface area contributed by atoms with Gasteiger partial charge in [-0.1, -0.05) is 18.2 Å². The van der Waals surface area contributed by atoms with Gasteiger partial charge in [0.15, 0.2) is 18.9 Å². The molecule has 5 rings (SSSR count). The van der Waals surface area contributed by atoms with E-state index in [0.717, 1.165) is 19.3 Å². The molecule has 2 aliphatic carbocycles. The Bertz CT molecular complexity index is 1900. The Morgan fingerprint density at radius 2 is 1.00 bits per heavy atom. The van der Waals surface area contributed by atoms with E-state index in [4.69, 9.17) is 52.1 Å². The van der Waals surface area contributed by atoms with Crippen LogP contribution in [0.3, 0.4) is 0 Å². The molecule has 3 heterocycles. The summed E-state index contributed by atoms with van der Waals surface area (Å²) in [5, 5.41) is 66.3. The van der Waals surface area contributed by atoms with Crippen LogP contribution in [0.1, 0.15) is 160 Å². The number of ether oxygens (including phenoxy) is 11. The van der Waals surface area contributed by atoms with E-state index in [9.17, 15) is 45.0 Å². The monoisotopic (exact) mass is 1070 g/mol. The van der Waals surface area contributed by atoms with Crippen LogP contribution in [0, 0.1) is 0 Å². The first-order valence-electron chi connectivity index (χ1n) is 26.8. The van der Waals surface area contributed by atoms with Gasteiger partial charge in [0.05, 0.1) is 48.8 Å². The minimum absolute atomic E-state index is 0.0265. The number of esters is 3. The summed E-state index contributed by atoms with van der Waals surface area (Å²) in [7, 11) is 0. The predicted octanol–water partition coefficient (Wildman–Crippen LogP) is 4.83. The van der Waals surface area contributed by atoms with Gasteiger partial charge >= 0.3 is 17.9 Å². The molecule has 13 atom stereocenters. The normalized spacial score (nSPS) is 32.4. The molecule has 5 aliphatic rings. The van der Waals surface area contributed by atoms with E-state index in [1.807, 2.05) is 0 Å². The van der Waals surface area contributed by atoms with Gasteiger partial charge in [-0.3, -0.25) is 0 Å². The Morgan fingerprint density at radius 1 is 0.547 bits per heavy atom. The Balaban J connectivity index is 1.26. The molecule has 0 aromatic heterocycles. The summed E-state index contributed by atoms with van der Waals surface area (Å²) in [5.41, 5.74) is -4.10. The molecule has 20 nitrogen and oxygen atoms in total. The molecule has 0 amide bonds. The van der Waals surface area contributed by atoms with Gasteiger partial charge in [-0.2, -0.15) is 0 Å². The lowest BCUT2D eigenvalue weighted by Gasteiger charge is -2.47. The highest BCUT2D eigenvalue weighted by Crippen LogP contribution is 2.47. The molecule has 6 N–H and O–H groups in total. The largest absolute Gasteiger partial charge is 0.457 e. The van der Waals surface area contributed by atoms with Crippen molar-refractivity contribution < 1.29 is 97.1 Å². The van der Waals surface area contributed by atoms with E-state index in [-0.39, 0.29) is 26.1 Å². The van der Waals surface area contributed by atoms with Crippen LogP contribution in [0.25, 0.3) is 0 Å². The second kappa shape index (κ2) is 26.8. The third-order valence-electron chi connectivity index (χ3n) is 13.5. The van der Waals surface area contributed by atoms with Crippen molar-refractivity contribution in [3.05, 3.63) is 36.5 Å². The summed E-state index contributed by atoms with van der Waals surface area (Å²) in [6.07, 6.45) is 0.267. The van der Waals surface area contributed by atoms with Crippen LogP contribution in [0.5, 0.6) is 0 Å². The molecule has 0 unspecified atom stereocenters. The zero-order chi connectivity index (χ0) is 55.6. The zero-order valence-corrected chi connectivity index (χ0v) is 46.2. The predicted molar refractivity (Wildman–Crippen MR) is 270 cm³/mol. The molecule has 75 heavy (non-hydrogen) atoms. The van der Waals surface area contributed by atoms with Crippen LogP contribution in [-0.2, 0) is 66.5 Å². The van der Waals surface area contributed by atoms with Crippen molar-refractivity contribution in [1.29, 1.82) is 0 Å². The summed E-state index contributed by atoms with van der Waals surface area (Å²) in [6.45, 7) is 18.5. The summed E-state index contributed by atoms with van der Waals surface area (Å²) < 4.78 is 67.0. The fourth-order valence-electron chi connectivity index (χ4n) is 9.23.